The number of aromatic amines is 1. The molecule has 1 amide bonds. The number of hydrogen-bond acceptors (Lipinski definition) is 2. The number of nitrogens with one attached hydrogen (secondary N) is 2. The van der Waals surface area contributed by atoms with E-state index < -0.39 is 11.4 Å². The fourth-order valence-corrected chi connectivity index (χ4v) is 1.92. The summed E-state index contributed by atoms with van der Waals surface area (Å²) < 4.78 is 0. The summed E-state index contributed by atoms with van der Waals surface area (Å²) in [5, 5.41) is 12.8. The second-order valence-corrected chi connectivity index (χ2v) is 5.18. The number of carboxylic acids is 1. The molecule has 1 aromatic heterocycles. The first kappa shape index (κ1) is 14.1. The Labute approximate surface area is 117 Å². The van der Waals surface area contributed by atoms with Gasteiger partial charge in [-0.25, -0.2) is 0 Å². The van der Waals surface area contributed by atoms with Gasteiger partial charge in [0, 0.05) is 29.2 Å². The lowest BCUT2D eigenvalue weighted by atomic mass is 9.87. The number of hydrogen-bond donors (Lipinski definition) is 3. The summed E-state index contributed by atoms with van der Waals surface area (Å²) in [6.07, 6.45) is 2.27. The molecule has 0 radical (unpaired) electrons. The minimum Gasteiger partial charge on any atom is -0.481 e. The Bertz CT molecular complexity index is 647. The minimum absolute atomic E-state index is 0.114. The summed E-state index contributed by atoms with van der Waals surface area (Å²) in [4.78, 5) is 26.3. The Morgan fingerprint density at radius 3 is 2.75 bits per heavy atom. The van der Waals surface area contributed by atoms with Crippen molar-refractivity contribution in [3.05, 3.63) is 36.0 Å². The van der Waals surface area contributed by atoms with Crippen LogP contribution < -0.4 is 5.32 Å². The molecule has 20 heavy (non-hydrogen) atoms. The van der Waals surface area contributed by atoms with Gasteiger partial charge in [0.05, 0.1) is 5.41 Å². The Hall–Kier alpha value is -2.30. The standard InChI is InChI=1S/C15H18N2O3/c1-3-15(2,14(19)20)9-17-13(18)11-4-5-12-10(8-11)6-7-16-12/h4-8,16H,3,9H2,1-2H3,(H,17,18)(H,19,20). The summed E-state index contributed by atoms with van der Waals surface area (Å²) in [5.74, 6) is -1.16. The molecule has 0 fully saturated rings. The van der Waals surface area contributed by atoms with Gasteiger partial charge in [-0.1, -0.05) is 6.92 Å². The molecular weight excluding hydrogens is 256 g/mol. The van der Waals surface area contributed by atoms with E-state index in [0.29, 0.717) is 12.0 Å². The minimum atomic E-state index is -0.937. The van der Waals surface area contributed by atoms with E-state index >= 15 is 0 Å². The lowest BCUT2D eigenvalue weighted by Crippen LogP contribution is -2.40. The molecular formula is C15H18N2O3. The van der Waals surface area contributed by atoms with E-state index in [-0.39, 0.29) is 12.5 Å². The van der Waals surface area contributed by atoms with Crippen molar-refractivity contribution in [2.75, 3.05) is 6.54 Å². The second-order valence-electron chi connectivity index (χ2n) is 5.18. The lowest BCUT2D eigenvalue weighted by molar-refractivity contribution is -0.147. The zero-order chi connectivity index (χ0) is 14.8. The Kier molecular flexibility index (Phi) is 3.79. The molecule has 0 spiro atoms. The SMILES string of the molecule is CCC(C)(CNC(=O)c1ccc2[nH]ccc2c1)C(=O)O. The summed E-state index contributed by atoms with van der Waals surface area (Å²) in [5.41, 5.74) is 0.555. The van der Waals surface area contributed by atoms with Crippen molar-refractivity contribution in [3.8, 4) is 0 Å². The number of carboxylic acid groups (broad SMARTS) is 1. The van der Waals surface area contributed by atoms with E-state index in [1.54, 1.807) is 26.0 Å². The first-order valence-corrected chi connectivity index (χ1v) is 6.55. The number of H-pyrrole nitrogens is 1. The van der Waals surface area contributed by atoms with Crippen LogP contribution in [0.3, 0.4) is 0 Å². The van der Waals surface area contributed by atoms with E-state index in [0.717, 1.165) is 10.9 Å². The average molecular weight is 274 g/mol. The Balaban J connectivity index is 2.10. The van der Waals surface area contributed by atoms with Gasteiger partial charge in [0.1, 0.15) is 0 Å². The summed E-state index contributed by atoms with van der Waals surface area (Å²) in [6.45, 7) is 3.54. The number of benzene rings is 1. The maximum atomic E-state index is 12.1. The number of carbonyl (C=O) groups is 2. The molecule has 0 aliphatic rings. The number of carbonyl (C=O) groups excluding carboxylic acids is 1. The second kappa shape index (κ2) is 5.36. The van der Waals surface area contributed by atoms with Crippen molar-refractivity contribution in [1.29, 1.82) is 0 Å². The Morgan fingerprint density at radius 2 is 2.10 bits per heavy atom. The van der Waals surface area contributed by atoms with E-state index in [2.05, 4.69) is 10.3 Å². The third-order valence-corrected chi connectivity index (χ3v) is 3.75. The molecule has 1 atom stereocenters. The van der Waals surface area contributed by atoms with Gasteiger partial charge in [0.25, 0.3) is 5.91 Å². The molecule has 0 aliphatic heterocycles. The number of fused-ring (bicyclic) bond motifs is 1. The largest absolute Gasteiger partial charge is 0.481 e. The van der Waals surface area contributed by atoms with Crippen molar-refractivity contribution in [2.45, 2.75) is 20.3 Å². The fourth-order valence-electron chi connectivity index (χ4n) is 1.92. The van der Waals surface area contributed by atoms with Crippen LogP contribution in [0.1, 0.15) is 30.6 Å². The molecule has 106 valence electrons. The van der Waals surface area contributed by atoms with E-state index in [4.69, 9.17) is 0 Å². The molecule has 0 saturated heterocycles. The van der Waals surface area contributed by atoms with E-state index in [9.17, 15) is 14.7 Å². The predicted octanol–water partition coefficient (Wildman–Crippen LogP) is 2.40. The van der Waals surface area contributed by atoms with Crippen LogP contribution in [0.4, 0.5) is 0 Å². The fraction of sp³-hybridized carbons (Fsp3) is 0.333. The third-order valence-electron chi connectivity index (χ3n) is 3.75. The van der Waals surface area contributed by atoms with Gasteiger partial charge in [0.2, 0.25) is 0 Å². The van der Waals surface area contributed by atoms with Crippen LogP contribution >= 0.6 is 0 Å². The highest BCUT2D eigenvalue weighted by Gasteiger charge is 2.31. The van der Waals surface area contributed by atoms with Gasteiger partial charge >= 0.3 is 5.97 Å². The zero-order valence-electron chi connectivity index (χ0n) is 11.6. The van der Waals surface area contributed by atoms with Crippen LogP contribution in [0.2, 0.25) is 0 Å². The predicted molar refractivity (Wildman–Crippen MR) is 76.7 cm³/mol. The van der Waals surface area contributed by atoms with Gasteiger partial charge < -0.3 is 15.4 Å². The molecule has 1 aromatic carbocycles. The topological polar surface area (TPSA) is 82.2 Å². The smallest absolute Gasteiger partial charge is 0.311 e. The molecule has 5 nitrogen and oxygen atoms in total. The Morgan fingerprint density at radius 1 is 1.35 bits per heavy atom. The number of rotatable bonds is 5. The van der Waals surface area contributed by atoms with Crippen LogP contribution in [0.15, 0.2) is 30.5 Å². The van der Waals surface area contributed by atoms with Crippen molar-refractivity contribution in [3.63, 3.8) is 0 Å². The van der Waals surface area contributed by atoms with Crippen LogP contribution in [0.25, 0.3) is 10.9 Å². The van der Waals surface area contributed by atoms with Crippen molar-refractivity contribution < 1.29 is 14.7 Å². The molecule has 5 heteroatoms. The van der Waals surface area contributed by atoms with Gasteiger partial charge in [-0.2, -0.15) is 0 Å². The van der Waals surface area contributed by atoms with Gasteiger partial charge in [-0.05, 0) is 37.6 Å². The number of aromatic nitrogens is 1. The molecule has 2 aromatic rings. The number of amides is 1. The van der Waals surface area contributed by atoms with Crippen molar-refractivity contribution in [2.24, 2.45) is 5.41 Å². The highest BCUT2D eigenvalue weighted by Crippen LogP contribution is 2.20. The van der Waals surface area contributed by atoms with Crippen molar-refractivity contribution in [1.82, 2.24) is 10.3 Å². The molecule has 0 saturated carbocycles. The third kappa shape index (κ3) is 2.66. The molecule has 0 bridgehead atoms. The molecule has 2 rings (SSSR count). The average Bonchev–Trinajstić information content (AvgIpc) is 2.91. The molecule has 0 aliphatic carbocycles. The molecule has 1 heterocycles. The van der Waals surface area contributed by atoms with E-state index in [1.807, 2.05) is 18.3 Å². The normalized spacial score (nSPS) is 13.9. The number of aliphatic carboxylic acids is 1. The van der Waals surface area contributed by atoms with Crippen molar-refractivity contribution >= 4 is 22.8 Å². The first-order chi connectivity index (χ1) is 9.46. The van der Waals surface area contributed by atoms with E-state index in [1.165, 1.54) is 0 Å². The summed E-state index contributed by atoms with van der Waals surface area (Å²) >= 11 is 0. The van der Waals surface area contributed by atoms with Crippen LogP contribution in [-0.2, 0) is 4.79 Å². The monoisotopic (exact) mass is 274 g/mol. The zero-order valence-corrected chi connectivity index (χ0v) is 11.6. The van der Waals surface area contributed by atoms with Crippen LogP contribution in [0, 0.1) is 5.41 Å². The van der Waals surface area contributed by atoms with Crippen LogP contribution in [-0.4, -0.2) is 28.5 Å². The summed E-state index contributed by atoms with van der Waals surface area (Å²) in [7, 11) is 0. The highest BCUT2D eigenvalue weighted by molar-refractivity contribution is 5.98. The quantitative estimate of drug-likeness (QED) is 0.783. The van der Waals surface area contributed by atoms with Crippen LogP contribution in [0.5, 0.6) is 0 Å². The van der Waals surface area contributed by atoms with Gasteiger partial charge in [-0.3, -0.25) is 9.59 Å². The lowest BCUT2D eigenvalue weighted by Gasteiger charge is -2.23. The molecule has 3 N–H and O–H groups in total. The highest BCUT2D eigenvalue weighted by atomic mass is 16.4. The maximum absolute atomic E-state index is 12.1. The first-order valence-electron chi connectivity index (χ1n) is 6.55. The maximum Gasteiger partial charge on any atom is 0.311 e. The summed E-state index contributed by atoms with van der Waals surface area (Å²) in [6, 6.07) is 7.23. The van der Waals surface area contributed by atoms with Gasteiger partial charge in [0.15, 0.2) is 0 Å². The van der Waals surface area contributed by atoms with Gasteiger partial charge in [-0.15, -0.1) is 0 Å². The molecule has 1 unspecified atom stereocenters.